The normalized spacial score (nSPS) is 15.5. The fourth-order valence-corrected chi connectivity index (χ4v) is 2.40. The first-order valence-corrected chi connectivity index (χ1v) is 7.80. The minimum Gasteiger partial charge on any atom is -0.484 e. The molecule has 1 aromatic carbocycles. The van der Waals surface area contributed by atoms with E-state index < -0.39 is 5.82 Å². The Morgan fingerprint density at radius 1 is 1.41 bits per heavy atom. The van der Waals surface area contributed by atoms with Gasteiger partial charge >= 0.3 is 0 Å². The summed E-state index contributed by atoms with van der Waals surface area (Å²) in [5.74, 6) is -0.325. The molecule has 0 spiro atoms. The first kappa shape index (κ1) is 17.0. The number of rotatable bonds is 7. The van der Waals surface area contributed by atoms with Crippen molar-refractivity contribution in [2.24, 2.45) is 0 Å². The highest BCUT2D eigenvalue weighted by Gasteiger charge is 2.09. The lowest BCUT2D eigenvalue weighted by atomic mass is 10.3. The van der Waals surface area contributed by atoms with Gasteiger partial charge in [0.2, 0.25) is 0 Å². The van der Waals surface area contributed by atoms with Crippen molar-refractivity contribution < 1.29 is 13.9 Å². The van der Waals surface area contributed by atoms with Gasteiger partial charge in [-0.3, -0.25) is 4.79 Å². The summed E-state index contributed by atoms with van der Waals surface area (Å²) in [6.45, 7) is 5.67. The molecule has 0 saturated carbocycles. The quantitative estimate of drug-likeness (QED) is 0.740. The zero-order valence-electron chi connectivity index (χ0n) is 12.4. The van der Waals surface area contributed by atoms with Gasteiger partial charge in [0.05, 0.1) is 5.02 Å². The molecule has 0 atom stereocenters. The number of benzene rings is 1. The second-order valence-corrected chi connectivity index (χ2v) is 5.57. The number of piperazine rings is 1. The van der Waals surface area contributed by atoms with Crippen LogP contribution in [0.15, 0.2) is 18.2 Å². The Morgan fingerprint density at radius 3 is 2.91 bits per heavy atom. The molecule has 1 aliphatic rings. The van der Waals surface area contributed by atoms with E-state index in [0.717, 1.165) is 39.1 Å². The average molecular weight is 330 g/mol. The number of halogens is 2. The number of carbonyl (C=O) groups excluding carboxylic acids is 1. The van der Waals surface area contributed by atoms with E-state index in [4.69, 9.17) is 16.3 Å². The van der Waals surface area contributed by atoms with Crippen LogP contribution in [0.3, 0.4) is 0 Å². The van der Waals surface area contributed by atoms with Gasteiger partial charge in [0.25, 0.3) is 5.91 Å². The van der Waals surface area contributed by atoms with Crippen molar-refractivity contribution in [3.63, 3.8) is 0 Å². The zero-order valence-corrected chi connectivity index (χ0v) is 13.2. The molecule has 22 heavy (non-hydrogen) atoms. The molecule has 2 N–H and O–H groups in total. The maximum Gasteiger partial charge on any atom is 0.257 e. The van der Waals surface area contributed by atoms with E-state index in [1.54, 1.807) is 0 Å². The third-order valence-electron chi connectivity index (χ3n) is 3.44. The van der Waals surface area contributed by atoms with Gasteiger partial charge in [0.15, 0.2) is 6.61 Å². The van der Waals surface area contributed by atoms with Crippen molar-refractivity contribution in [1.29, 1.82) is 0 Å². The predicted octanol–water partition coefficient (Wildman–Crippen LogP) is 1.27. The lowest BCUT2D eigenvalue weighted by molar-refractivity contribution is -0.123. The second kappa shape index (κ2) is 8.92. The number of nitrogens with one attached hydrogen (secondary N) is 2. The molecule has 122 valence electrons. The molecule has 0 aromatic heterocycles. The lowest BCUT2D eigenvalue weighted by Crippen LogP contribution is -2.44. The van der Waals surface area contributed by atoms with Crippen LogP contribution in [0.1, 0.15) is 6.42 Å². The third kappa shape index (κ3) is 5.79. The summed E-state index contributed by atoms with van der Waals surface area (Å²) in [4.78, 5) is 14.0. The average Bonchev–Trinajstić information content (AvgIpc) is 2.54. The summed E-state index contributed by atoms with van der Waals surface area (Å²) in [5.41, 5.74) is 0. The number of ether oxygens (including phenoxy) is 1. The van der Waals surface area contributed by atoms with E-state index in [-0.39, 0.29) is 17.5 Å². The molecule has 0 radical (unpaired) electrons. The Balaban J connectivity index is 1.58. The van der Waals surface area contributed by atoms with E-state index in [1.807, 2.05) is 0 Å². The third-order valence-corrected chi connectivity index (χ3v) is 3.73. The summed E-state index contributed by atoms with van der Waals surface area (Å²) in [7, 11) is 0. The summed E-state index contributed by atoms with van der Waals surface area (Å²) in [6, 6.07) is 4.01. The van der Waals surface area contributed by atoms with Crippen LogP contribution in [0.25, 0.3) is 0 Å². The number of carbonyl (C=O) groups is 1. The number of amides is 1. The second-order valence-electron chi connectivity index (χ2n) is 5.16. The molecule has 1 fully saturated rings. The topological polar surface area (TPSA) is 53.6 Å². The Labute approximate surface area is 134 Å². The van der Waals surface area contributed by atoms with E-state index in [1.165, 1.54) is 18.2 Å². The first-order valence-electron chi connectivity index (χ1n) is 7.43. The van der Waals surface area contributed by atoms with Crippen LogP contribution in [0, 0.1) is 5.82 Å². The van der Waals surface area contributed by atoms with Crippen LogP contribution < -0.4 is 15.4 Å². The first-order chi connectivity index (χ1) is 10.6. The van der Waals surface area contributed by atoms with E-state index in [2.05, 4.69) is 15.5 Å². The summed E-state index contributed by atoms with van der Waals surface area (Å²) >= 11 is 5.64. The highest BCUT2D eigenvalue weighted by atomic mass is 35.5. The minimum absolute atomic E-state index is 0.0195. The number of nitrogens with zero attached hydrogens (tertiary/aromatic N) is 1. The summed E-state index contributed by atoms with van der Waals surface area (Å²) in [6.07, 6.45) is 0.911. The molecular formula is C15H21ClFN3O2. The van der Waals surface area contributed by atoms with Gasteiger partial charge in [-0.05, 0) is 25.1 Å². The minimum atomic E-state index is -0.508. The molecule has 7 heteroatoms. The number of hydrogen-bond acceptors (Lipinski definition) is 4. The van der Waals surface area contributed by atoms with E-state index in [9.17, 15) is 9.18 Å². The summed E-state index contributed by atoms with van der Waals surface area (Å²) in [5, 5.41) is 6.09. The monoisotopic (exact) mass is 329 g/mol. The van der Waals surface area contributed by atoms with Gasteiger partial charge in [-0.1, -0.05) is 11.6 Å². The van der Waals surface area contributed by atoms with Gasteiger partial charge in [-0.15, -0.1) is 0 Å². The molecular weight excluding hydrogens is 309 g/mol. The Kier molecular flexibility index (Phi) is 6.89. The Bertz CT molecular complexity index is 496. The molecule has 0 bridgehead atoms. The SMILES string of the molecule is O=C(COc1ccc(F)c(Cl)c1)NCCCN1CCNCC1. The van der Waals surface area contributed by atoms with Crippen molar-refractivity contribution in [3.05, 3.63) is 29.0 Å². The molecule has 1 amide bonds. The lowest BCUT2D eigenvalue weighted by Gasteiger charge is -2.27. The molecule has 0 unspecified atom stereocenters. The van der Waals surface area contributed by atoms with Gasteiger partial charge in [-0.25, -0.2) is 4.39 Å². The zero-order chi connectivity index (χ0) is 15.8. The van der Waals surface area contributed by atoms with Crippen molar-refractivity contribution in [2.75, 3.05) is 45.9 Å². The number of hydrogen-bond donors (Lipinski definition) is 2. The van der Waals surface area contributed by atoms with Crippen molar-refractivity contribution >= 4 is 17.5 Å². The molecule has 1 aromatic rings. The van der Waals surface area contributed by atoms with Gasteiger partial charge in [-0.2, -0.15) is 0 Å². The van der Waals surface area contributed by atoms with Crippen LogP contribution in [-0.4, -0.2) is 56.7 Å². The standard InChI is InChI=1S/C15H21ClFN3O2/c16-13-10-12(2-3-14(13)17)22-11-15(21)19-4-1-7-20-8-5-18-6-9-20/h2-3,10,18H,1,4-9,11H2,(H,19,21). The Morgan fingerprint density at radius 2 is 2.18 bits per heavy atom. The molecule has 2 rings (SSSR count). The largest absolute Gasteiger partial charge is 0.484 e. The van der Waals surface area contributed by atoms with Crippen LogP contribution in [0.5, 0.6) is 5.75 Å². The van der Waals surface area contributed by atoms with Gasteiger partial charge in [0.1, 0.15) is 11.6 Å². The molecule has 5 nitrogen and oxygen atoms in total. The van der Waals surface area contributed by atoms with E-state index in [0.29, 0.717) is 12.3 Å². The fraction of sp³-hybridized carbons (Fsp3) is 0.533. The Hall–Kier alpha value is -1.37. The molecule has 1 heterocycles. The van der Waals surface area contributed by atoms with Gasteiger partial charge in [0, 0.05) is 38.8 Å². The summed E-state index contributed by atoms with van der Waals surface area (Å²) < 4.78 is 18.3. The van der Waals surface area contributed by atoms with Crippen molar-refractivity contribution in [1.82, 2.24) is 15.5 Å². The van der Waals surface area contributed by atoms with Crippen molar-refractivity contribution in [3.8, 4) is 5.75 Å². The fourth-order valence-electron chi connectivity index (χ4n) is 2.23. The van der Waals surface area contributed by atoms with Crippen LogP contribution in [-0.2, 0) is 4.79 Å². The molecule has 0 aliphatic carbocycles. The van der Waals surface area contributed by atoms with Gasteiger partial charge < -0.3 is 20.3 Å². The van der Waals surface area contributed by atoms with Crippen LogP contribution in [0.2, 0.25) is 5.02 Å². The molecule has 1 aliphatic heterocycles. The molecule has 1 saturated heterocycles. The van der Waals surface area contributed by atoms with Crippen LogP contribution in [0.4, 0.5) is 4.39 Å². The highest BCUT2D eigenvalue weighted by molar-refractivity contribution is 6.30. The van der Waals surface area contributed by atoms with Crippen molar-refractivity contribution in [2.45, 2.75) is 6.42 Å². The van der Waals surface area contributed by atoms with Crippen LogP contribution >= 0.6 is 11.6 Å². The highest BCUT2D eigenvalue weighted by Crippen LogP contribution is 2.20. The maximum atomic E-state index is 13.0. The predicted molar refractivity (Wildman–Crippen MR) is 83.8 cm³/mol. The van der Waals surface area contributed by atoms with E-state index >= 15 is 0 Å². The smallest absolute Gasteiger partial charge is 0.257 e. The maximum absolute atomic E-state index is 13.0.